The van der Waals surface area contributed by atoms with E-state index in [9.17, 15) is 4.79 Å². The standard InChI is InChI=1S/C10H7BrN4OS.C7H6BrNO3.C2H2BrN3S/c1-16-8-4-6(2-3-12-8)7-5-15-10(13-7)17-9(11)14-15;1-11-6-4-5(2-3-9-6)7(10)12-8;3-1-5-6-2(4)7-1/h2-5H,1H3;2-4H,1H3;(H2,4,6). The van der Waals surface area contributed by atoms with Crippen LogP contribution < -0.4 is 15.2 Å². The number of ether oxygens (including phenoxy) is 2. The lowest BCUT2D eigenvalue weighted by molar-refractivity contribution is 0.0781. The summed E-state index contributed by atoms with van der Waals surface area (Å²) in [6.07, 6.45) is 5.05. The number of methoxy groups -OCH3 is 2. The van der Waals surface area contributed by atoms with Gasteiger partial charge in [0.25, 0.3) is 0 Å². The molecule has 5 aromatic rings. The molecule has 12 nitrogen and oxygen atoms in total. The van der Waals surface area contributed by atoms with Crippen molar-refractivity contribution >= 4 is 86.9 Å². The molecule has 5 heterocycles. The van der Waals surface area contributed by atoms with Crippen LogP contribution in [0.2, 0.25) is 0 Å². The minimum Gasteiger partial charge on any atom is -0.481 e. The highest BCUT2D eigenvalue weighted by Crippen LogP contribution is 2.25. The summed E-state index contributed by atoms with van der Waals surface area (Å²) in [6, 6.07) is 6.77. The number of nitrogen functional groups attached to an aromatic ring is 1. The van der Waals surface area contributed by atoms with E-state index in [1.54, 1.807) is 17.8 Å². The zero-order chi connectivity index (χ0) is 26.1. The fourth-order valence-electron chi connectivity index (χ4n) is 2.40. The van der Waals surface area contributed by atoms with E-state index in [0.29, 0.717) is 22.5 Å². The third-order valence-electron chi connectivity index (χ3n) is 3.92. The molecule has 0 bridgehead atoms. The molecule has 0 unspecified atom stereocenters. The summed E-state index contributed by atoms with van der Waals surface area (Å²) in [6.45, 7) is 0. The van der Waals surface area contributed by atoms with Crippen LogP contribution >= 0.6 is 70.8 Å². The fraction of sp³-hybridized carbons (Fsp3) is 0.105. The monoisotopic (exact) mass is 720 g/mol. The highest BCUT2D eigenvalue weighted by Gasteiger charge is 2.09. The number of imidazole rings is 1. The van der Waals surface area contributed by atoms with Gasteiger partial charge >= 0.3 is 5.97 Å². The molecule has 0 aliphatic rings. The van der Waals surface area contributed by atoms with Crippen molar-refractivity contribution in [2.75, 3.05) is 20.0 Å². The van der Waals surface area contributed by atoms with Crippen molar-refractivity contribution < 1.29 is 18.1 Å². The predicted molar refractivity (Wildman–Crippen MR) is 145 cm³/mol. The van der Waals surface area contributed by atoms with Gasteiger partial charge in [-0.1, -0.05) is 22.7 Å². The van der Waals surface area contributed by atoms with Gasteiger partial charge in [0.2, 0.25) is 21.9 Å². The van der Waals surface area contributed by atoms with Gasteiger partial charge < -0.3 is 19.0 Å². The molecule has 0 aliphatic carbocycles. The molecule has 36 heavy (non-hydrogen) atoms. The van der Waals surface area contributed by atoms with E-state index in [1.807, 2.05) is 18.3 Å². The number of rotatable bonds is 4. The summed E-state index contributed by atoms with van der Waals surface area (Å²) >= 11 is 11.8. The third-order valence-corrected chi connectivity index (χ3v) is 6.76. The first kappa shape index (κ1) is 27.9. The van der Waals surface area contributed by atoms with Crippen molar-refractivity contribution in [1.29, 1.82) is 0 Å². The largest absolute Gasteiger partial charge is 0.481 e. The average Bonchev–Trinajstić information content (AvgIpc) is 3.58. The van der Waals surface area contributed by atoms with Crippen molar-refractivity contribution in [3.8, 4) is 23.0 Å². The SMILES string of the molecule is COc1cc(-c2cn3nc(Br)sc3n2)ccn1.COc1cc(C(=O)OBr)ccn1.Nc1nnc(Br)s1. The Labute approximate surface area is 237 Å². The minimum atomic E-state index is -0.476. The zero-order valence-electron chi connectivity index (χ0n) is 18.3. The number of hydrogen-bond acceptors (Lipinski definition) is 13. The Morgan fingerprint density at radius 3 is 2.25 bits per heavy atom. The predicted octanol–water partition coefficient (Wildman–Crippen LogP) is 5.06. The number of hydrogen-bond donors (Lipinski definition) is 1. The highest BCUT2D eigenvalue weighted by atomic mass is 79.9. The quantitative estimate of drug-likeness (QED) is 0.265. The number of nitrogens with zero attached hydrogens (tertiary/aromatic N) is 7. The first-order valence-electron chi connectivity index (χ1n) is 9.42. The second-order valence-electron chi connectivity index (χ2n) is 6.14. The first-order valence-corrected chi connectivity index (χ1v) is 13.3. The van der Waals surface area contributed by atoms with Crippen LogP contribution in [0.15, 0.2) is 50.7 Å². The molecule has 2 N–H and O–H groups in total. The molecule has 0 amide bonds. The smallest absolute Gasteiger partial charge is 0.349 e. The Hall–Kier alpha value is -2.73. The van der Waals surface area contributed by atoms with Crippen LogP contribution in [0.25, 0.3) is 16.2 Å². The maximum absolute atomic E-state index is 10.9. The average molecular weight is 723 g/mol. The Morgan fingerprint density at radius 2 is 1.69 bits per heavy atom. The molecule has 0 aromatic carbocycles. The minimum absolute atomic E-state index is 0.380. The Balaban J connectivity index is 0.000000165. The summed E-state index contributed by atoms with van der Waals surface area (Å²) in [5.41, 5.74) is 7.40. The molecule has 5 rings (SSSR count). The summed E-state index contributed by atoms with van der Waals surface area (Å²) in [4.78, 5) is 24.2. The maximum Gasteiger partial charge on any atom is 0.349 e. The van der Waals surface area contributed by atoms with E-state index in [0.717, 1.165) is 24.1 Å². The molecule has 5 aromatic heterocycles. The molecule has 0 saturated heterocycles. The summed E-state index contributed by atoms with van der Waals surface area (Å²) in [5, 5.41) is 11.8. The van der Waals surface area contributed by atoms with Crippen LogP contribution in [0.5, 0.6) is 11.8 Å². The van der Waals surface area contributed by atoms with E-state index in [2.05, 4.69) is 82.2 Å². The number of nitrogens with two attached hydrogens (primary N) is 1. The Bertz CT molecular complexity index is 1400. The molecule has 0 spiro atoms. The lowest BCUT2D eigenvalue weighted by Gasteiger charge is -1.99. The van der Waals surface area contributed by atoms with Gasteiger partial charge in [-0.05, 0) is 44.0 Å². The molecule has 188 valence electrons. The number of aromatic nitrogens is 7. The van der Waals surface area contributed by atoms with Gasteiger partial charge in [0.05, 0.1) is 31.7 Å². The number of anilines is 1. The van der Waals surface area contributed by atoms with Crippen LogP contribution in [0.1, 0.15) is 10.4 Å². The van der Waals surface area contributed by atoms with Gasteiger partial charge in [0.1, 0.15) is 0 Å². The number of halogens is 3. The second kappa shape index (κ2) is 13.5. The van der Waals surface area contributed by atoms with E-state index >= 15 is 0 Å². The molecule has 0 fully saturated rings. The molecule has 0 radical (unpaired) electrons. The summed E-state index contributed by atoms with van der Waals surface area (Å²) in [7, 11) is 3.07. The molecule has 0 aliphatic heterocycles. The lowest BCUT2D eigenvalue weighted by Crippen LogP contribution is -1.98. The van der Waals surface area contributed by atoms with Gasteiger partial charge in [-0.3, -0.25) is 0 Å². The normalized spacial score (nSPS) is 10.0. The van der Waals surface area contributed by atoms with Crippen molar-refractivity contribution in [3.63, 3.8) is 0 Å². The lowest BCUT2D eigenvalue weighted by atomic mass is 10.2. The van der Waals surface area contributed by atoms with Crippen LogP contribution in [0, 0.1) is 0 Å². The van der Waals surface area contributed by atoms with Crippen molar-refractivity contribution in [2.45, 2.75) is 0 Å². The Kier molecular flexibility index (Phi) is 10.5. The van der Waals surface area contributed by atoms with Gasteiger partial charge in [-0.2, -0.15) is 0 Å². The Morgan fingerprint density at radius 1 is 1.00 bits per heavy atom. The zero-order valence-corrected chi connectivity index (χ0v) is 24.7. The van der Waals surface area contributed by atoms with E-state index in [4.69, 9.17) is 15.2 Å². The van der Waals surface area contributed by atoms with Gasteiger partial charge in [-0.25, -0.2) is 24.3 Å². The van der Waals surface area contributed by atoms with Crippen LogP contribution in [0.3, 0.4) is 0 Å². The fourth-order valence-corrected chi connectivity index (χ4v) is 4.72. The summed E-state index contributed by atoms with van der Waals surface area (Å²) in [5.74, 6) is 0.481. The molecular weight excluding hydrogens is 708 g/mol. The van der Waals surface area contributed by atoms with Crippen molar-refractivity contribution in [2.24, 2.45) is 0 Å². The number of carbonyl (C=O) groups excluding carboxylic acids is 1. The van der Waals surface area contributed by atoms with Crippen LogP contribution in [-0.2, 0) is 3.83 Å². The van der Waals surface area contributed by atoms with Crippen molar-refractivity contribution in [1.82, 2.24) is 34.8 Å². The molecular formula is C19H15Br3N8O4S2. The van der Waals surface area contributed by atoms with Gasteiger partial charge in [0.15, 0.2) is 24.1 Å². The molecule has 0 atom stereocenters. The molecule has 0 saturated carbocycles. The van der Waals surface area contributed by atoms with Crippen LogP contribution in [-0.4, -0.2) is 55.0 Å². The maximum atomic E-state index is 10.9. The topological polar surface area (TPSA) is 153 Å². The third kappa shape index (κ3) is 7.89. The van der Waals surface area contributed by atoms with Gasteiger partial charge in [-0.15, -0.1) is 15.3 Å². The highest BCUT2D eigenvalue weighted by molar-refractivity contribution is 9.11. The first-order chi connectivity index (χ1) is 17.3. The van der Waals surface area contributed by atoms with E-state index < -0.39 is 5.97 Å². The van der Waals surface area contributed by atoms with E-state index in [1.165, 1.54) is 48.1 Å². The number of carbonyl (C=O) groups is 1. The van der Waals surface area contributed by atoms with Crippen molar-refractivity contribution in [3.05, 3.63) is 56.3 Å². The second-order valence-corrected chi connectivity index (χ2v) is 11.0. The van der Waals surface area contributed by atoms with Gasteiger partial charge in [0, 0.05) is 30.1 Å². The van der Waals surface area contributed by atoms with E-state index in [-0.39, 0.29) is 0 Å². The number of fused-ring (bicyclic) bond motifs is 1. The summed E-state index contributed by atoms with van der Waals surface area (Å²) < 4.78 is 17.5. The number of pyridine rings is 2. The van der Waals surface area contributed by atoms with Crippen LogP contribution in [0.4, 0.5) is 5.13 Å². The molecule has 17 heteroatoms.